The van der Waals surface area contributed by atoms with E-state index in [1.165, 1.54) is 0 Å². The molecule has 5 amide bonds. The van der Waals surface area contributed by atoms with Crippen LogP contribution >= 0.6 is 0 Å². The smallest absolute Gasteiger partial charge is 0.326 e. The number of carboxylic acids is 1. The highest BCUT2D eigenvalue weighted by atomic mass is 16.4. The average molecular weight is 473 g/mol. The normalized spacial score (nSPS) is 13.0. The first-order valence-electron chi connectivity index (χ1n) is 9.81. The fourth-order valence-electron chi connectivity index (χ4n) is 2.44. The molecule has 0 aliphatic rings. The van der Waals surface area contributed by atoms with Gasteiger partial charge in [0.2, 0.25) is 29.5 Å². The van der Waals surface area contributed by atoms with Gasteiger partial charge in [0, 0.05) is 13.0 Å². The van der Waals surface area contributed by atoms with Crippen LogP contribution in [-0.2, 0) is 28.8 Å². The highest BCUT2D eigenvalue weighted by Crippen LogP contribution is 2.03. The maximum atomic E-state index is 12.5. The van der Waals surface area contributed by atoms with Crippen molar-refractivity contribution in [3.05, 3.63) is 0 Å². The molecule has 0 bridgehead atoms. The quantitative estimate of drug-likeness (QED) is 0.0582. The number of hydrogen-bond acceptors (Lipinski definition) is 8. The zero-order chi connectivity index (χ0) is 25.6. The van der Waals surface area contributed by atoms with Crippen molar-refractivity contribution in [3.63, 3.8) is 0 Å². The Morgan fingerprint density at radius 2 is 1.48 bits per heavy atom. The lowest BCUT2D eigenvalue weighted by Crippen LogP contribution is -2.54. The summed E-state index contributed by atoms with van der Waals surface area (Å²) < 4.78 is 0. The molecule has 186 valence electrons. The van der Waals surface area contributed by atoms with Gasteiger partial charge in [0.15, 0.2) is 5.96 Å². The van der Waals surface area contributed by atoms with Crippen molar-refractivity contribution in [1.82, 2.24) is 16.0 Å². The number of nitrogens with two attached hydrogens (primary N) is 5. The molecule has 0 aromatic rings. The van der Waals surface area contributed by atoms with Crippen LogP contribution in [0.4, 0.5) is 0 Å². The molecule has 14 N–H and O–H groups in total. The molecule has 0 heterocycles. The second-order valence-electron chi connectivity index (χ2n) is 6.97. The summed E-state index contributed by atoms with van der Waals surface area (Å²) in [5.41, 5.74) is 25.8. The molecule has 0 aliphatic carbocycles. The maximum absolute atomic E-state index is 12.5. The Morgan fingerprint density at radius 1 is 0.848 bits per heavy atom. The number of nitrogens with zero attached hydrogens (tertiary/aromatic N) is 1. The minimum Gasteiger partial charge on any atom is -0.480 e. The number of carboxylic acid groups (broad SMARTS) is 1. The van der Waals surface area contributed by atoms with E-state index in [9.17, 15) is 33.9 Å². The van der Waals surface area contributed by atoms with Gasteiger partial charge >= 0.3 is 5.97 Å². The number of amides is 5. The third-order valence-electron chi connectivity index (χ3n) is 4.07. The van der Waals surface area contributed by atoms with Gasteiger partial charge in [-0.05, 0) is 19.3 Å². The fraction of sp³-hybridized carbons (Fsp3) is 0.588. The Balaban J connectivity index is 5.00. The molecular weight excluding hydrogens is 442 g/mol. The van der Waals surface area contributed by atoms with Gasteiger partial charge in [-0.25, -0.2) is 4.79 Å². The number of carbonyl (C=O) groups excluding carboxylic acids is 5. The Morgan fingerprint density at radius 3 is 2.00 bits per heavy atom. The maximum Gasteiger partial charge on any atom is 0.326 e. The molecule has 0 spiro atoms. The fourth-order valence-corrected chi connectivity index (χ4v) is 2.44. The number of primary amides is 2. The molecule has 0 saturated heterocycles. The Bertz CT molecular complexity index is 768. The first-order valence-corrected chi connectivity index (χ1v) is 9.81. The number of guanidine groups is 1. The first kappa shape index (κ1) is 29.0. The summed E-state index contributed by atoms with van der Waals surface area (Å²) in [5.74, 6) is -5.59. The molecule has 16 nitrogen and oxygen atoms in total. The standard InChI is InChI=1S/C17H31N9O7/c18-8(6-12(20)28)14(30)24-7-13(29)25-9(3-4-11(19)27)15(31)26-10(16(32)33)2-1-5-23-17(21)22/h8-10H,1-7,18H2,(H2,19,27)(H2,20,28)(H,24,30)(H,25,29)(H,26,31)(H,32,33)(H4,21,22,23). The molecule has 3 atom stereocenters. The molecule has 0 radical (unpaired) electrons. The Hall–Kier alpha value is -3.95. The SMILES string of the molecule is NC(=O)CCC(NC(=O)CNC(=O)C(N)CC(N)=O)C(=O)NC(CCCN=C(N)N)C(=O)O. The molecule has 33 heavy (non-hydrogen) atoms. The third kappa shape index (κ3) is 13.9. The largest absolute Gasteiger partial charge is 0.480 e. The van der Waals surface area contributed by atoms with Gasteiger partial charge in [0.05, 0.1) is 19.0 Å². The summed E-state index contributed by atoms with van der Waals surface area (Å²) in [5, 5.41) is 16.0. The van der Waals surface area contributed by atoms with Gasteiger partial charge in [-0.2, -0.15) is 0 Å². The lowest BCUT2D eigenvalue weighted by Gasteiger charge is -2.21. The van der Waals surface area contributed by atoms with Crippen molar-refractivity contribution in [2.75, 3.05) is 13.1 Å². The average Bonchev–Trinajstić information content (AvgIpc) is 2.70. The summed E-state index contributed by atoms with van der Waals surface area (Å²) in [6.07, 6.45) is -0.705. The number of nitrogens with one attached hydrogen (secondary N) is 3. The van der Waals surface area contributed by atoms with E-state index in [0.717, 1.165) is 0 Å². The van der Waals surface area contributed by atoms with Crippen molar-refractivity contribution >= 4 is 41.5 Å². The first-order chi connectivity index (χ1) is 15.3. The van der Waals surface area contributed by atoms with Crippen molar-refractivity contribution in [3.8, 4) is 0 Å². The van der Waals surface area contributed by atoms with Gasteiger partial charge < -0.3 is 49.7 Å². The van der Waals surface area contributed by atoms with Crippen LogP contribution in [0.2, 0.25) is 0 Å². The van der Waals surface area contributed by atoms with Gasteiger partial charge in [-0.1, -0.05) is 0 Å². The predicted molar refractivity (Wildman–Crippen MR) is 115 cm³/mol. The number of rotatable bonds is 16. The number of hydrogen-bond donors (Lipinski definition) is 9. The van der Waals surface area contributed by atoms with Crippen LogP contribution in [-0.4, -0.2) is 77.8 Å². The zero-order valence-corrected chi connectivity index (χ0v) is 17.9. The molecule has 3 unspecified atom stereocenters. The topological polar surface area (TPSA) is 301 Å². The highest BCUT2D eigenvalue weighted by Gasteiger charge is 2.27. The zero-order valence-electron chi connectivity index (χ0n) is 17.9. The molecule has 16 heteroatoms. The second kappa shape index (κ2) is 15.0. The monoisotopic (exact) mass is 473 g/mol. The van der Waals surface area contributed by atoms with E-state index < -0.39 is 66.6 Å². The van der Waals surface area contributed by atoms with Crippen LogP contribution in [0.25, 0.3) is 0 Å². The van der Waals surface area contributed by atoms with Crippen molar-refractivity contribution in [2.45, 2.75) is 50.2 Å². The van der Waals surface area contributed by atoms with E-state index >= 15 is 0 Å². The minimum absolute atomic E-state index is 0.0118. The van der Waals surface area contributed by atoms with Gasteiger partial charge in [0.25, 0.3) is 0 Å². The van der Waals surface area contributed by atoms with Crippen molar-refractivity contribution < 1.29 is 33.9 Å². The minimum atomic E-state index is -1.33. The molecule has 0 aromatic carbocycles. The van der Waals surface area contributed by atoms with Crippen LogP contribution in [0.5, 0.6) is 0 Å². The molecular formula is C17H31N9O7. The van der Waals surface area contributed by atoms with Crippen LogP contribution in [0.1, 0.15) is 32.1 Å². The third-order valence-corrected chi connectivity index (χ3v) is 4.07. The molecule has 0 aromatic heterocycles. The van der Waals surface area contributed by atoms with E-state index in [1.807, 2.05) is 0 Å². The predicted octanol–water partition coefficient (Wildman–Crippen LogP) is -5.32. The van der Waals surface area contributed by atoms with Crippen molar-refractivity contribution in [1.29, 1.82) is 0 Å². The number of carbonyl (C=O) groups is 6. The lowest BCUT2D eigenvalue weighted by atomic mass is 10.1. The lowest BCUT2D eigenvalue weighted by molar-refractivity contribution is -0.142. The Labute approximate surface area is 189 Å². The number of aliphatic carboxylic acids is 1. The van der Waals surface area contributed by atoms with E-state index in [0.29, 0.717) is 0 Å². The van der Waals surface area contributed by atoms with Gasteiger partial charge in [-0.3, -0.25) is 29.0 Å². The molecule has 0 aliphatic heterocycles. The molecule has 0 saturated carbocycles. The Kier molecular flexibility index (Phi) is 13.2. The van der Waals surface area contributed by atoms with E-state index in [4.69, 9.17) is 28.7 Å². The van der Waals surface area contributed by atoms with Crippen LogP contribution in [0.15, 0.2) is 4.99 Å². The summed E-state index contributed by atoms with van der Waals surface area (Å²) in [6.45, 7) is -0.464. The van der Waals surface area contributed by atoms with Crippen LogP contribution in [0, 0.1) is 0 Å². The van der Waals surface area contributed by atoms with E-state index in [2.05, 4.69) is 20.9 Å². The summed E-state index contributed by atoms with van der Waals surface area (Å²) in [7, 11) is 0. The molecule has 0 rings (SSSR count). The van der Waals surface area contributed by atoms with Crippen LogP contribution < -0.4 is 44.6 Å². The van der Waals surface area contributed by atoms with E-state index in [1.54, 1.807) is 0 Å². The highest BCUT2D eigenvalue weighted by molar-refractivity contribution is 5.93. The molecule has 0 fully saturated rings. The second-order valence-corrected chi connectivity index (χ2v) is 6.97. The summed E-state index contributed by atoms with van der Waals surface area (Å²) >= 11 is 0. The van der Waals surface area contributed by atoms with Gasteiger partial charge in [0.1, 0.15) is 12.1 Å². The summed E-state index contributed by atoms with van der Waals surface area (Å²) in [4.78, 5) is 73.5. The van der Waals surface area contributed by atoms with Crippen LogP contribution in [0.3, 0.4) is 0 Å². The van der Waals surface area contributed by atoms with Crippen molar-refractivity contribution in [2.24, 2.45) is 33.7 Å². The van der Waals surface area contributed by atoms with E-state index in [-0.39, 0.29) is 38.2 Å². The van der Waals surface area contributed by atoms with Gasteiger partial charge in [-0.15, -0.1) is 0 Å². The summed E-state index contributed by atoms with van der Waals surface area (Å²) in [6, 6.07) is -3.90. The number of aliphatic imine (C=N–C) groups is 1.